The molecule has 0 aliphatic rings. The van der Waals surface area contributed by atoms with E-state index in [2.05, 4.69) is 10.3 Å². The predicted molar refractivity (Wildman–Crippen MR) is 82.6 cm³/mol. The molecule has 0 aliphatic carbocycles. The highest BCUT2D eigenvalue weighted by molar-refractivity contribution is 6.30. The fourth-order valence-corrected chi connectivity index (χ4v) is 2.37. The van der Waals surface area contributed by atoms with Crippen LogP contribution in [0.3, 0.4) is 0 Å². The number of nitrogens with zero attached hydrogens (tertiary/aromatic N) is 2. The first-order valence-electron chi connectivity index (χ1n) is 6.61. The summed E-state index contributed by atoms with van der Waals surface area (Å²) in [5, 5.41) is 3.53. The highest BCUT2D eigenvalue weighted by Crippen LogP contribution is 2.12. The zero-order valence-electron chi connectivity index (χ0n) is 11.5. The number of aromatic nitrogens is 2. The summed E-state index contributed by atoms with van der Waals surface area (Å²) in [4.78, 5) is 16.6. The van der Waals surface area contributed by atoms with E-state index in [-0.39, 0.29) is 5.91 Å². The summed E-state index contributed by atoms with van der Waals surface area (Å²) in [6.07, 6.45) is 1.94. The molecule has 1 N–H and O–H groups in total. The molecule has 0 saturated heterocycles. The second kappa shape index (κ2) is 5.58. The van der Waals surface area contributed by atoms with Gasteiger partial charge >= 0.3 is 0 Å². The van der Waals surface area contributed by atoms with Crippen molar-refractivity contribution in [3.05, 3.63) is 70.6 Å². The van der Waals surface area contributed by atoms with Gasteiger partial charge in [0.2, 0.25) is 0 Å². The van der Waals surface area contributed by atoms with Crippen LogP contribution < -0.4 is 5.32 Å². The van der Waals surface area contributed by atoms with Crippen LogP contribution in [0.2, 0.25) is 5.02 Å². The van der Waals surface area contributed by atoms with Gasteiger partial charge in [-0.05, 0) is 43.3 Å². The number of hydrogen-bond acceptors (Lipinski definition) is 2. The van der Waals surface area contributed by atoms with Crippen LogP contribution in [0.5, 0.6) is 0 Å². The number of fused-ring (bicyclic) bond motifs is 1. The van der Waals surface area contributed by atoms with Gasteiger partial charge in [0, 0.05) is 16.8 Å². The standard InChI is InChI=1S/C16H14ClN3O/c1-11-14(20-9-3-2-4-15(20)19-11)10-18-16(21)12-5-7-13(17)8-6-12/h2-9H,10H2,1H3,(H,18,21). The molecule has 0 bridgehead atoms. The number of aryl methyl sites for hydroxylation is 1. The zero-order chi connectivity index (χ0) is 14.8. The minimum Gasteiger partial charge on any atom is -0.346 e. The van der Waals surface area contributed by atoms with Crippen LogP contribution >= 0.6 is 11.6 Å². The summed E-state index contributed by atoms with van der Waals surface area (Å²) in [6, 6.07) is 12.7. The van der Waals surface area contributed by atoms with E-state index in [0.29, 0.717) is 17.1 Å². The molecule has 3 rings (SSSR count). The van der Waals surface area contributed by atoms with Gasteiger partial charge in [0.05, 0.1) is 17.9 Å². The highest BCUT2D eigenvalue weighted by Gasteiger charge is 2.10. The molecule has 0 unspecified atom stereocenters. The van der Waals surface area contributed by atoms with Crippen LogP contribution in [0.15, 0.2) is 48.7 Å². The monoisotopic (exact) mass is 299 g/mol. The Morgan fingerprint density at radius 2 is 2.00 bits per heavy atom. The van der Waals surface area contributed by atoms with Crippen molar-refractivity contribution in [3.8, 4) is 0 Å². The molecule has 1 amide bonds. The molecule has 0 aliphatic heterocycles. The Balaban J connectivity index is 1.79. The van der Waals surface area contributed by atoms with Gasteiger partial charge in [0.25, 0.3) is 5.91 Å². The number of carbonyl (C=O) groups excluding carboxylic acids is 1. The van der Waals surface area contributed by atoms with Crippen molar-refractivity contribution in [1.82, 2.24) is 14.7 Å². The van der Waals surface area contributed by atoms with E-state index in [0.717, 1.165) is 17.0 Å². The maximum absolute atomic E-state index is 12.1. The van der Waals surface area contributed by atoms with Crippen molar-refractivity contribution < 1.29 is 4.79 Å². The van der Waals surface area contributed by atoms with E-state index in [1.165, 1.54) is 0 Å². The molecule has 0 saturated carbocycles. The Hall–Kier alpha value is -2.33. The van der Waals surface area contributed by atoms with Crippen LogP contribution in [0.1, 0.15) is 21.7 Å². The predicted octanol–water partition coefficient (Wildman–Crippen LogP) is 3.23. The lowest BCUT2D eigenvalue weighted by molar-refractivity contribution is 0.0950. The molecular formula is C16H14ClN3O. The van der Waals surface area contributed by atoms with Crippen molar-refractivity contribution in [2.45, 2.75) is 13.5 Å². The number of hydrogen-bond donors (Lipinski definition) is 1. The lowest BCUT2D eigenvalue weighted by Crippen LogP contribution is -2.23. The Bertz CT molecular complexity index is 793. The summed E-state index contributed by atoms with van der Waals surface area (Å²) < 4.78 is 1.98. The van der Waals surface area contributed by atoms with Crippen molar-refractivity contribution in [1.29, 1.82) is 0 Å². The molecule has 3 aromatic rings. The first-order valence-corrected chi connectivity index (χ1v) is 6.99. The number of benzene rings is 1. The van der Waals surface area contributed by atoms with Gasteiger partial charge in [0.1, 0.15) is 5.65 Å². The average molecular weight is 300 g/mol. The van der Waals surface area contributed by atoms with Crippen LogP contribution in [0, 0.1) is 6.92 Å². The van der Waals surface area contributed by atoms with E-state index >= 15 is 0 Å². The van der Waals surface area contributed by atoms with Crippen LogP contribution in [-0.2, 0) is 6.54 Å². The largest absolute Gasteiger partial charge is 0.346 e. The second-order valence-corrected chi connectivity index (χ2v) is 5.20. The molecule has 2 aromatic heterocycles. The third kappa shape index (κ3) is 2.76. The maximum atomic E-state index is 12.1. The van der Waals surface area contributed by atoms with Gasteiger partial charge in [0.15, 0.2) is 0 Å². The van der Waals surface area contributed by atoms with Gasteiger partial charge in [-0.3, -0.25) is 4.79 Å². The van der Waals surface area contributed by atoms with E-state index in [4.69, 9.17) is 11.6 Å². The number of pyridine rings is 1. The number of imidazole rings is 1. The van der Waals surface area contributed by atoms with Crippen molar-refractivity contribution in [3.63, 3.8) is 0 Å². The number of halogens is 1. The van der Waals surface area contributed by atoms with Crippen LogP contribution in [-0.4, -0.2) is 15.3 Å². The van der Waals surface area contributed by atoms with E-state index in [1.54, 1.807) is 24.3 Å². The minimum atomic E-state index is -0.128. The summed E-state index contributed by atoms with van der Waals surface area (Å²) >= 11 is 5.82. The maximum Gasteiger partial charge on any atom is 0.251 e. The van der Waals surface area contributed by atoms with Gasteiger partial charge in [-0.1, -0.05) is 17.7 Å². The van der Waals surface area contributed by atoms with E-state index < -0.39 is 0 Å². The first kappa shape index (κ1) is 13.6. The van der Waals surface area contributed by atoms with E-state index in [9.17, 15) is 4.79 Å². The molecule has 0 radical (unpaired) electrons. The topological polar surface area (TPSA) is 46.4 Å². The Morgan fingerprint density at radius 3 is 2.76 bits per heavy atom. The zero-order valence-corrected chi connectivity index (χ0v) is 12.3. The Labute approximate surface area is 127 Å². The molecule has 5 heteroatoms. The molecule has 1 aromatic carbocycles. The minimum absolute atomic E-state index is 0.128. The SMILES string of the molecule is Cc1nc2ccccn2c1CNC(=O)c1ccc(Cl)cc1. The molecule has 2 heterocycles. The third-order valence-electron chi connectivity index (χ3n) is 3.35. The first-order chi connectivity index (χ1) is 10.1. The molecule has 0 spiro atoms. The van der Waals surface area contributed by atoms with Crippen LogP contribution in [0.4, 0.5) is 0 Å². The van der Waals surface area contributed by atoms with Gasteiger partial charge in [-0.25, -0.2) is 4.98 Å². The third-order valence-corrected chi connectivity index (χ3v) is 3.60. The number of rotatable bonds is 3. The number of amides is 1. The Morgan fingerprint density at radius 1 is 1.24 bits per heavy atom. The molecular weight excluding hydrogens is 286 g/mol. The molecule has 0 atom stereocenters. The van der Waals surface area contributed by atoms with Crippen molar-refractivity contribution >= 4 is 23.2 Å². The average Bonchev–Trinajstić information content (AvgIpc) is 2.81. The van der Waals surface area contributed by atoms with Gasteiger partial charge < -0.3 is 9.72 Å². The van der Waals surface area contributed by atoms with Gasteiger partial charge in [-0.2, -0.15) is 0 Å². The van der Waals surface area contributed by atoms with Gasteiger partial charge in [-0.15, -0.1) is 0 Å². The summed E-state index contributed by atoms with van der Waals surface area (Å²) in [7, 11) is 0. The van der Waals surface area contributed by atoms with E-state index in [1.807, 2.05) is 35.7 Å². The number of nitrogens with one attached hydrogen (secondary N) is 1. The van der Waals surface area contributed by atoms with Crippen molar-refractivity contribution in [2.24, 2.45) is 0 Å². The second-order valence-electron chi connectivity index (χ2n) is 4.76. The summed E-state index contributed by atoms with van der Waals surface area (Å²) in [6.45, 7) is 2.37. The molecule has 0 fully saturated rings. The fraction of sp³-hybridized carbons (Fsp3) is 0.125. The smallest absolute Gasteiger partial charge is 0.251 e. The Kier molecular flexibility index (Phi) is 3.62. The fourth-order valence-electron chi connectivity index (χ4n) is 2.24. The van der Waals surface area contributed by atoms with Crippen molar-refractivity contribution in [2.75, 3.05) is 0 Å². The lowest BCUT2D eigenvalue weighted by Gasteiger charge is -2.06. The highest BCUT2D eigenvalue weighted by atomic mass is 35.5. The normalized spacial score (nSPS) is 10.8. The molecule has 106 valence electrons. The quantitative estimate of drug-likeness (QED) is 0.807. The molecule has 4 nitrogen and oxygen atoms in total. The lowest BCUT2D eigenvalue weighted by atomic mass is 10.2. The van der Waals surface area contributed by atoms with Crippen LogP contribution in [0.25, 0.3) is 5.65 Å². The number of carbonyl (C=O) groups is 1. The molecule has 21 heavy (non-hydrogen) atoms. The summed E-state index contributed by atoms with van der Waals surface area (Å²) in [5.41, 5.74) is 3.36. The summed E-state index contributed by atoms with van der Waals surface area (Å²) in [5.74, 6) is -0.128.